The maximum atomic E-state index is 5.86. The maximum absolute atomic E-state index is 5.86. The minimum absolute atomic E-state index is 0.507. The lowest BCUT2D eigenvalue weighted by Crippen LogP contribution is -2.14. The first-order valence-corrected chi connectivity index (χ1v) is 7.53. The van der Waals surface area contributed by atoms with Gasteiger partial charge in [0.25, 0.3) is 0 Å². The fourth-order valence-corrected chi connectivity index (χ4v) is 2.07. The Labute approximate surface area is 127 Å². The van der Waals surface area contributed by atoms with Gasteiger partial charge in [-0.1, -0.05) is 25.1 Å². The summed E-state index contributed by atoms with van der Waals surface area (Å²) < 4.78 is 5.86. The van der Waals surface area contributed by atoms with Crippen molar-refractivity contribution in [3.05, 3.63) is 58.9 Å². The minimum atomic E-state index is 0.507. The second kappa shape index (κ2) is 7.79. The van der Waals surface area contributed by atoms with Crippen molar-refractivity contribution in [2.45, 2.75) is 40.3 Å². The van der Waals surface area contributed by atoms with E-state index >= 15 is 0 Å². The minimum Gasteiger partial charge on any atom is -0.487 e. The topological polar surface area (TPSA) is 34.1 Å². The van der Waals surface area contributed by atoms with Crippen molar-refractivity contribution in [1.29, 1.82) is 0 Å². The molecule has 0 aliphatic heterocycles. The quantitative estimate of drug-likeness (QED) is 0.786. The molecule has 0 saturated heterocycles. The number of nitrogens with zero attached hydrogens (tertiary/aromatic N) is 1. The smallest absolute Gasteiger partial charge is 0.130 e. The monoisotopic (exact) mass is 284 g/mol. The molecule has 112 valence electrons. The molecule has 0 unspecified atom stereocenters. The van der Waals surface area contributed by atoms with Gasteiger partial charge in [-0.05, 0) is 55.6 Å². The molecule has 1 heterocycles. The molecule has 2 aromatic rings. The van der Waals surface area contributed by atoms with Crippen molar-refractivity contribution in [1.82, 2.24) is 10.3 Å². The van der Waals surface area contributed by atoms with Gasteiger partial charge in [-0.25, -0.2) is 0 Å². The van der Waals surface area contributed by atoms with Crippen LogP contribution in [0.5, 0.6) is 5.75 Å². The molecular formula is C18H24N2O. The predicted octanol–water partition coefficient (Wildman–Crippen LogP) is 3.78. The summed E-state index contributed by atoms with van der Waals surface area (Å²) >= 11 is 0. The van der Waals surface area contributed by atoms with Crippen molar-refractivity contribution in [3.8, 4) is 5.75 Å². The number of aromatic nitrogens is 1. The number of pyridine rings is 1. The molecule has 21 heavy (non-hydrogen) atoms. The summed E-state index contributed by atoms with van der Waals surface area (Å²) in [6, 6.07) is 10.4. The van der Waals surface area contributed by atoms with E-state index in [4.69, 9.17) is 4.74 Å². The summed E-state index contributed by atoms with van der Waals surface area (Å²) in [6.07, 6.45) is 3.07. The Bertz CT molecular complexity index is 564. The highest BCUT2D eigenvalue weighted by molar-refractivity contribution is 5.36. The zero-order chi connectivity index (χ0) is 15.1. The Morgan fingerprint density at radius 3 is 2.71 bits per heavy atom. The van der Waals surface area contributed by atoms with Gasteiger partial charge in [-0.2, -0.15) is 0 Å². The number of nitrogens with one attached hydrogen (secondary N) is 1. The highest BCUT2D eigenvalue weighted by Gasteiger charge is 2.02. The highest BCUT2D eigenvalue weighted by atomic mass is 16.5. The molecule has 1 aromatic heterocycles. The van der Waals surface area contributed by atoms with Gasteiger partial charge in [0.05, 0.1) is 5.69 Å². The maximum Gasteiger partial charge on any atom is 0.130 e. The van der Waals surface area contributed by atoms with Gasteiger partial charge < -0.3 is 10.1 Å². The zero-order valence-electron chi connectivity index (χ0n) is 13.1. The normalized spacial score (nSPS) is 10.6. The van der Waals surface area contributed by atoms with Crippen LogP contribution in [0.15, 0.2) is 36.5 Å². The average molecular weight is 284 g/mol. The fourth-order valence-electron chi connectivity index (χ4n) is 2.07. The van der Waals surface area contributed by atoms with E-state index in [2.05, 4.69) is 55.3 Å². The van der Waals surface area contributed by atoms with Crippen LogP contribution >= 0.6 is 0 Å². The Hall–Kier alpha value is -1.87. The SMILES string of the molecule is CCCNCc1ccc(COc2cc(C)ccc2C)nc1. The molecule has 0 amide bonds. The van der Waals surface area contributed by atoms with Gasteiger partial charge in [0, 0.05) is 12.7 Å². The molecule has 0 atom stereocenters. The molecule has 3 heteroatoms. The summed E-state index contributed by atoms with van der Waals surface area (Å²) in [6.45, 7) is 8.72. The zero-order valence-corrected chi connectivity index (χ0v) is 13.1. The van der Waals surface area contributed by atoms with Gasteiger partial charge in [0.2, 0.25) is 0 Å². The Morgan fingerprint density at radius 2 is 2.00 bits per heavy atom. The molecule has 2 rings (SSSR count). The van der Waals surface area contributed by atoms with Crippen LogP contribution < -0.4 is 10.1 Å². The van der Waals surface area contributed by atoms with Gasteiger partial charge in [-0.15, -0.1) is 0 Å². The standard InChI is InChI=1S/C18H24N2O/c1-4-9-19-11-16-7-8-17(20-12-16)13-21-18-10-14(2)5-6-15(18)3/h5-8,10,12,19H,4,9,11,13H2,1-3H3. The lowest BCUT2D eigenvalue weighted by Gasteiger charge is -2.10. The third-order valence-electron chi connectivity index (χ3n) is 3.36. The highest BCUT2D eigenvalue weighted by Crippen LogP contribution is 2.20. The molecule has 0 bridgehead atoms. The number of hydrogen-bond donors (Lipinski definition) is 1. The van der Waals surface area contributed by atoms with Gasteiger partial charge in [0.15, 0.2) is 0 Å². The number of benzene rings is 1. The van der Waals surface area contributed by atoms with E-state index in [1.165, 1.54) is 11.1 Å². The van der Waals surface area contributed by atoms with E-state index in [0.717, 1.165) is 36.5 Å². The van der Waals surface area contributed by atoms with Crippen LogP contribution in [0.1, 0.15) is 35.7 Å². The Balaban J connectivity index is 1.90. The van der Waals surface area contributed by atoms with E-state index in [1.807, 2.05) is 12.3 Å². The van der Waals surface area contributed by atoms with Crippen LogP contribution in [0.2, 0.25) is 0 Å². The number of rotatable bonds is 7. The third-order valence-corrected chi connectivity index (χ3v) is 3.36. The molecular weight excluding hydrogens is 260 g/mol. The van der Waals surface area contributed by atoms with Crippen LogP contribution in [0.25, 0.3) is 0 Å². The first kappa shape index (κ1) is 15.5. The summed E-state index contributed by atoms with van der Waals surface area (Å²) in [4.78, 5) is 4.46. The third kappa shape index (κ3) is 4.87. The van der Waals surface area contributed by atoms with Crippen LogP contribution in [-0.4, -0.2) is 11.5 Å². The molecule has 0 radical (unpaired) electrons. The van der Waals surface area contributed by atoms with Crippen LogP contribution in [0, 0.1) is 13.8 Å². The number of hydrogen-bond acceptors (Lipinski definition) is 3. The molecule has 0 fully saturated rings. The van der Waals surface area contributed by atoms with Crippen molar-refractivity contribution in [3.63, 3.8) is 0 Å². The second-order valence-corrected chi connectivity index (χ2v) is 5.39. The van der Waals surface area contributed by atoms with Gasteiger partial charge >= 0.3 is 0 Å². The van der Waals surface area contributed by atoms with Crippen LogP contribution in [0.4, 0.5) is 0 Å². The van der Waals surface area contributed by atoms with Crippen molar-refractivity contribution < 1.29 is 4.74 Å². The molecule has 0 aliphatic rings. The van der Waals surface area contributed by atoms with Crippen LogP contribution in [0.3, 0.4) is 0 Å². The molecule has 0 spiro atoms. The molecule has 0 aliphatic carbocycles. The number of ether oxygens (including phenoxy) is 1. The predicted molar refractivity (Wildman–Crippen MR) is 86.5 cm³/mol. The summed E-state index contributed by atoms with van der Waals surface area (Å²) in [5, 5.41) is 3.37. The van der Waals surface area contributed by atoms with E-state index in [0.29, 0.717) is 6.61 Å². The van der Waals surface area contributed by atoms with Gasteiger partial charge in [-0.3, -0.25) is 4.98 Å². The number of aryl methyl sites for hydroxylation is 2. The van der Waals surface area contributed by atoms with Crippen molar-refractivity contribution in [2.24, 2.45) is 0 Å². The van der Waals surface area contributed by atoms with E-state index in [9.17, 15) is 0 Å². The van der Waals surface area contributed by atoms with Crippen LogP contribution in [-0.2, 0) is 13.2 Å². The van der Waals surface area contributed by atoms with E-state index < -0.39 is 0 Å². The van der Waals surface area contributed by atoms with Crippen molar-refractivity contribution in [2.75, 3.05) is 6.54 Å². The molecule has 0 saturated carbocycles. The largest absolute Gasteiger partial charge is 0.487 e. The average Bonchev–Trinajstić information content (AvgIpc) is 2.50. The first-order chi connectivity index (χ1) is 10.2. The van der Waals surface area contributed by atoms with E-state index in [1.54, 1.807) is 0 Å². The van der Waals surface area contributed by atoms with E-state index in [-0.39, 0.29) is 0 Å². The summed E-state index contributed by atoms with van der Waals surface area (Å²) in [5.74, 6) is 0.936. The summed E-state index contributed by atoms with van der Waals surface area (Å²) in [7, 11) is 0. The molecule has 1 N–H and O–H groups in total. The summed E-state index contributed by atoms with van der Waals surface area (Å²) in [5.41, 5.74) is 4.52. The second-order valence-electron chi connectivity index (χ2n) is 5.39. The van der Waals surface area contributed by atoms with Crippen molar-refractivity contribution >= 4 is 0 Å². The van der Waals surface area contributed by atoms with Gasteiger partial charge in [0.1, 0.15) is 12.4 Å². The Kier molecular flexibility index (Phi) is 5.76. The molecule has 3 nitrogen and oxygen atoms in total. The lowest BCUT2D eigenvalue weighted by molar-refractivity contribution is 0.299. The lowest BCUT2D eigenvalue weighted by atomic mass is 10.1. The Morgan fingerprint density at radius 1 is 1.14 bits per heavy atom. The fraction of sp³-hybridized carbons (Fsp3) is 0.389. The first-order valence-electron chi connectivity index (χ1n) is 7.53. The molecule has 1 aromatic carbocycles.